The van der Waals surface area contributed by atoms with E-state index in [0.29, 0.717) is 11.3 Å². The summed E-state index contributed by atoms with van der Waals surface area (Å²) < 4.78 is 5.38. The van der Waals surface area contributed by atoms with Crippen molar-refractivity contribution in [3.8, 4) is 5.75 Å². The summed E-state index contributed by atoms with van der Waals surface area (Å²) in [5.41, 5.74) is 7.59. The number of nitrogens with zero attached hydrogens (tertiary/aromatic N) is 2. The molecule has 0 unspecified atom stereocenters. The van der Waals surface area contributed by atoms with E-state index in [4.69, 9.17) is 15.3 Å². The van der Waals surface area contributed by atoms with Crippen LogP contribution in [0.3, 0.4) is 0 Å². The lowest BCUT2D eigenvalue weighted by Crippen LogP contribution is -2.18. The summed E-state index contributed by atoms with van der Waals surface area (Å²) in [5, 5.41) is 3.59. The Morgan fingerprint density at radius 2 is 1.75 bits per heavy atom. The highest BCUT2D eigenvalue weighted by Gasteiger charge is 2.13. The van der Waals surface area contributed by atoms with Gasteiger partial charge in [0, 0.05) is 18.0 Å². The Kier molecular flexibility index (Phi) is 5.52. The van der Waals surface area contributed by atoms with Crippen LogP contribution in [0.5, 0.6) is 5.75 Å². The molecule has 6 nitrogen and oxygen atoms in total. The molecular weight excluding hydrogens is 306 g/mol. The van der Waals surface area contributed by atoms with Crippen LogP contribution in [0.15, 0.2) is 53.9 Å². The topological polar surface area (TPSA) is 86.8 Å². The summed E-state index contributed by atoms with van der Waals surface area (Å²) >= 11 is 0. The van der Waals surface area contributed by atoms with Crippen LogP contribution >= 0.6 is 0 Å². The van der Waals surface area contributed by atoms with Crippen LogP contribution < -0.4 is 10.5 Å². The molecule has 2 aromatic rings. The zero-order chi connectivity index (χ0) is 17.6. The number of carbonyl (C=O) groups is 1. The van der Waals surface area contributed by atoms with Gasteiger partial charge in [-0.15, -0.1) is 0 Å². The quantitative estimate of drug-likeness (QED) is 0.395. The lowest BCUT2D eigenvalue weighted by molar-refractivity contribution is -0.146. The van der Waals surface area contributed by atoms with Crippen LogP contribution in [-0.2, 0) is 15.0 Å². The van der Waals surface area contributed by atoms with Gasteiger partial charge in [-0.05, 0) is 35.2 Å². The molecule has 0 atom stereocenters. The second-order valence-corrected chi connectivity index (χ2v) is 6.24. The minimum absolute atomic E-state index is 0.0661. The predicted octanol–water partition coefficient (Wildman–Crippen LogP) is 2.62. The molecule has 1 aromatic heterocycles. The molecule has 0 radical (unpaired) electrons. The Balaban J connectivity index is 1.85. The highest BCUT2D eigenvalue weighted by Crippen LogP contribution is 2.24. The number of oxime groups is 1. The fourth-order valence-corrected chi connectivity index (χ4v) is 1.90. The van der Waals surface area contributed by atoms with E-state index in [0.717, 1.165) is 0 Å². The molecule has 0 aliphatic heterocycles. The van der Waals surface area contributed by atoms with E-state index in [1.807, 2.05) is 24.3 Å². The molecule has 6 heteroatoms. The molecule has 0 spiro atoms. The van der Waals surface area contributed by atoms with E-state index >= 15 is 0 Å². The summed E-state index contributed by atoms with van der Waals surface area (Å²) in [6.45, 7) is 6.14. The number of carbonyl (C=O) groups excluding carboxylic acids is 1. The third-order valence-electron chi connectivity index (χ3n) is 3.30. The van der Waals surface area contributed by atoms with Crippen molar-refractivity contribution >= 4 is 11.8 Å². The first-order valence-corrected chi connectivity index (χ1v) is 7.53. The summed E-state index contributed by atoms with van der Waals surface area (Å²) in [7, 11) is 0. The van der Waals surface area contributed by atoms with Crippen LogP contribution in [0.25, 0.3) is 0 Å². The van der Waals surface area contributed by atoms with E-state index in [2.05, 4.69) is 30.9 Å². The number of benzene rings is 1. The largest absolute Gasteiger partial charge is 0.482 e. The van der Waals surface area contributed by atoms with E-state index in [1.165, 1.54) is 5.56 Å². The molecule has 0 aliphatic rings. The molecule has 0 bridgehead atoms. The van der Waals surface area contributed by atoms with Gasteiger partial charge < -0.3 is 15.3 Å². The second kappa shape index (κ2) is 7.59. The maximum atomic E-state index is 11.7. The van der Waals surface area contributed by atoms with Gasteiger partial charge >= 0.3 is 5.97 Å². The first-order valence-electron chi connectivity index (χ1n) is 7.53. The van der Waals surface area contributed by atoms with E-state index in [1.54, 1.807) is 24.5 Å². The van der Waals surface area contributed by atoms with E-state index in [-0.39, 0.29) is 17.9 Å². The molecule has 2 N–H and O–H groups in total. The van der Waals surface area contributed by atoms with Gasteiger partial charge in [-0.3, -0.25) is 4.98 Å². The summed E-state index contributed by atoms with van der Waals surface area (Å²) in [6, 6.07) is 10.9. The van der Waals surface area contributed by atoms with Crippen molar-refractivity contribution in [1.29, 1.82) is 0 Å². The summed E-state index contributed by atoms with van der Waals surface area (Å²) in [4.78, 5) is 20.3. The molecule has 126 valence electrons. The van der Waals surface area contributed by atoms with Gasteiger partial charge in [-0.2, -0.15) is 0 Å². The number of aromatic nitrogens is 1. The van der Waals surface area contributed by atoms with Gasteiger partial charge in [0.2, 0.25) is 0 Å². The lowest BCUT2D eigenvalue weighted by atomic mass is 9.87. The fourth-order valence-electron chi connectivity index (χ4n) is 1.90. The maximum Gasteiger partial charge on any atom is 0.372 e. The van der Waals surface area contributed by atoms with Gasteiger partial charge in [0.25, 0.3) is 0 Å². The van der Waals surface area contributed by atoms with Gasteiger partial charge in [-0.1, -0.05) is 38.1 Å². The van der Waals surface area contributed by atoms with Crippen LogP contribution in [0.1, 0.15) is 31.9 Å². The number of hydrogen-bond acceptors (Lipinski definition) is 5. The van der Waals surface area contributed by atoms with E-state index < -0.39 is 5.97 Å². The number of nitrogens with two attached hydrogens (primary N) is 1. The zero-order valence-electron chi connectivity index (χ0n) is 14.0. The van der Waals surface area contributed by atoms with Crippen molar-refractivity contribution in [3.63, 3.8) is 0 Å². The van der Waals surface area contributed by atoms with Crippen LogP contribution in [0, 0.1) is 0 Å². The van der Waals surface area contributed by atoms with Gasteiger partial charge in [0.1, 0.15) is 5.75 Å². The average Bonchev–Trinajstić information content (AvgIpc) is 2.58. The molecule has 0 aliphatic carbocycles. The van der Waals surface area contributed by atoms with Crippen molar-refractivity contribution in [1.82, 2.24) is 4.98 Å². The molecule has 1 heterocycles. The highest BCUT2D eigenvalue weighted by atomic mass is 16.7. The molecule has 0 saturated heterocycles. The smallest absolute Gasteiger partial charge is 0.372 e. The molecular formula is C18H21N3O3. The van der Waals surface area contributed by atoms with Crippen LogP contribution in [0.2, 0.25) is 0 Å². The Hall–Kier alpha value is -2.89. The number of rotatable bonds is 5. The normalized spacial score (nSPS) is 11.9. The summed E-state index contributed by atoms with van der Waals surface area (Å²) in [5.74, 6) is 0.0539. The molecule has 0 fully saturated rings. The van der Waals surface area contributed by atoms with Gasteiger partial charge in [-0.25, -0.2) is 4.79 Å². The monoisotopic (exact) mass is 327 g/mol. The Morgan fingerprint density at radius 1 is 1.12 bits per heavy atom. The van der Waals surface area contributed by atoms with E-state index in [9.17, 15) is 4.79 Å². The number of pyridine rings is 1. The lowest BCUT2D eigenvalue weighted by Gasteiger charge is -2.19. The van der Waals surface area contributed by atoms with Gasteiger partial charge in [0.05, 0.1) is 0 Å². The van der Waals surface area contributed by atoms with Crippen LogP contribution in [0.4, 0.5) is 0 Å². The third kappa shape index (κ3) is 5.08. The number of ether oxygens (including phenoxy) is 1. The second-order valence-electron chi connectivity index (χ2n) is 6.24. The molecule has 0 saturated carbocycles. The van der Waals surface area contributed by atoms with Crippen molar-refractivity contribution < 1.29 is 14.4 Å². The molecule has 2 rings (SSSR count). The maximum absolute atomic E-state index is 11.7. The van der Waals surface area contributed by atoms with Gasteiger partial charge in [0.15, 0.2) is 12.4 Å². The standard InChI is InChI=1S/C18H21N3O3/c1-18(2,3)14-4-6-15(7-5-14)23-12-16(22)24-21-17(19)13-8-10-20-11-9-13/h4-11H,12H2,1-3H3,(H2,19,21). The first-order chi connectivity index (χ1) is 11.4. The average molecular weight is 327 g/mol. The Labute approximate surface area is 141 Å². The van der Waals surface area contributed by atoms with Crippen molar-refractivity contribution in [2.24, 2.45) is 10.9 Å². The van der Waals surface area contributed by atoms with Crippen LogP contribution in [-0.4, -0.2) is 23.4 Å². The minimum Gasteiger partial charge on any atom is -0.482 e. The molecule has 24 heavy (non-hydrogen) atoms. The number of amidine groups is 1. The Bertz CT molecular complexity index is 705. The van der Waals surface area contributed by atoms with Crippen molar-refractivity contribution in [3.05, 3.63) is 59.9 Å². The number of hydrogen-bond donors (Lipinski definition) is 1. The summed E-state index contributed by atoms with van der Waals surface area (Å²) in [6.07, 6.45) is 3.15. The molecule has 1 aromatic carbocycles. The minimum atomic E-state index is -0.632. The fraction of sp³-hybridized carbons (Fsp3) is 0.278. The SMILES string of the molecule is CC(C)(C)c1ccc(OCC(=O)O/N=C(/N)c2ccncc2)cc1. The Morgan fingerprint density at radius 3 is 2.33 bits per heavy atom. The zero-order valence-corrected chi connectivity index (χ0v) is 14.0. The van der Waals surface area contributed by atoms with Crippen molar-refractivity contribution in [2.75, 3.05) is 6.61 Å². The van der Waals surface area contributed by atoms with Crippen molar-refractivity contribution in [2.45, 2.75) is 26.2 Å². The predicted molar refractivity (Wildman–Crippen MR) is 91.7 cm³/mol. The highest BCUT2D eigenvalue weighted by molar-refractivity contribution is 5.97. The third-order valence-corrected chi connectivity index (χ3v) is 3.30. The molecule has 0 amide bonds. The first kappa shape index (κ1) is 17.5.